The van der Waals surface area contributed by atoms with Crippen molar-refractivity contribution < 1.29 is 4.74 Å². The molecular weight excluding hydrogens is 198 g/mol. The van der Waals surface area contributed by atoms with Crippen LogP contribution in [0.25, 0.3) is 0 Å². The van der Waals surface area contributed by atoms with E-state index in [1.54, 1.807) is 7.11 Å². The standard InChI is InChI=1S/C14H15NO/c1-16-14-5-3-2-4-13(14)7-6-12-8-10-15-11-9-12/h2-5,8-11H,6-7H2,1H3. The van der Waals surface area contributed by atoms with Crippen LogP contribution in [0.2, 0.25) is 0 Å². The van der Waals surface area contributed by atoms with Crippen molar-refractivity contribution in [3.05, 3.63) is 59.9 Å². The first-order chi connectivity index (χ1) is 7.90. The summed E-state index contributed by atoms with van der Waals surface area (Å²) >= 11 is 0. The minimum atomic E-state index is 0.969. The summed E-state index contributed by atoms with van der Waals surface area (Å²) in [5.74, 6) is 0.969. The maximum atomic E-state index is 5.32. The van der Waals surface area contributed by atoms with Gasteiger partial charge < -0.3 is 4.74 Å². The van der Waals surface area contributed by atoms with Crippen LogP contribution in [0, 0.1) is 0 Å². The quantitative estimate of drug-likeness (QED) is 0.779. The van der Waals surface area contributed by atoms with E-state index in [4.69, 9.17) is 4.74 Å². The number of hydrogen-bond acceptors (Lipinski definition) is 2. The number of rotatable bonds is 4. The average molecular weight is 213 g/mol. The second-order valence-electron chi connectivity index (χ2n) is 3.67. The molecule has 0 amide bonds. The summed E-state index contributed by atoms with van der Waals surface area (Å²) in [7, 11) is 1.71. The molecule has 0 N–H and O–H groups in total. The SMILES string of the molecule is COc1ccccc1CCc1ccncc1. The van der Waals surface area contributed by atoms with Crippen LogP contribution in [0.5, 0.6) is 5.75 Å². The predicted octanol–water partition coefficient (Wildman–Crippen LogP) is 2.88. The Morgan fingerprint density at radius 1 is 1.00 bits per heavy atom. The second-order valence-corrected chi connectivity index (χ2v) is 3.67. The molecule has 16 heavy (non-hydrogen) atoms. The Morgan fingerprint density at radius 2 is 1.75 bits per heavy atom. The number of hydrogen-bond donors (Lipinski definition) is 0. The molecule has 0 spiro atoms. The lowest BCUT2D eigenvalue weighted by molar-refractivity contribution is 0.409. The molecule has 2 rings (SSSR count). The molecule has 1 aromatic carbocycles. The molecule has 0 aliphatic heterocycles. The third-order valence-corrected chi connectivity index (χ3v) is 2.62. The number of aryl methyl sites for hydroxylation is 2. The van der Waals surface area contributed by atoms with E-state index in [2.05, 4.69) is 23.2 Å². The fourth-order valence-corrected chi connectivity index (χ4v) is 1.74. The molecule has 0 bridgehead atoms. The molecule has 0 aliphatic carbocycles. The number of methoxy groups -OCH3 is 1. The van der Waals surface area contributed by atoms with Crippen LogP contribution in [-0.4, -0.2) is 12.1 Å². The van der Waals surface area contributed by atoms with Crippen LogP contribution in [0.15, 0.2) is 48.8 Å². The molecular formula is C14H15NO. The highest BCUT2D eigenvalue weighted by molar-refractivity contribution is 5.33. The zero-order valence-electron chi connectivity index (χ0n) is 9.39. The fourth-order valence-electron chi connectivity index (χ4n) is 1.74. The van der Waals surface area contributed by atoms with Gasteiger partial charge in [0.15, 0.2) is 0 Å². The lowest BCUT2D eigenvalue weighted by atomic mass is 10.0. The Hall–Kier alpha value is -1.83. The van der Waals surface area contributed by atoms with Crippen LogP contribution in [-0.2, 0) is 12.8 Å². The molecule has 2 nitrogen and oxygen atoms in total. The number of nitrogens with zero attached hydrogens (tertiary/aromatic N) is 1. The van der Waals surface area contributed by atoms with Crippen LogP contribution in [0.1, 0.15) is 11.1 Å². The third kappa shape index (κ3) is 2.60. The Kier molecular flexibility index (Phi) is 3.54. The van der Waals surface area contributed by atoms with Crippen molar-refractivity contribution in [2.45, 2.75) is 12.8 Å². The number of benzene rings is 1. The smallest absolute Gasteiger partial charge is 0.122 e. The van der Waals surface area contributed by atoms with E-state index >= 15 is 0 Å². The van der Waals surface area contributed by atoms with Crippen molar-refractivity contribution >= 4 is 0 Å². The maximum Gasteiger partial charge on any atom is 0.122 e. The number of ether oxygens (including phenoxy) is 1. The van der Waals surface area contributed by atoms with Gasteiger partial charge in [0.2, 0.25) is 0 Å². The van der Waals surface area contributed by atoms with Gasteiger partial charge in [-0.05, 0) is 42.2 Å². The Bertz CT molecular complexity index is 439. The van der Waals surface area contributed by atoms with E-state index in [1.165, 1.54) is 11.1 Å². The van der Waals surface area contributed by atoms with Gasteiger partial charge in [-0.25, -0.2) is 0 Å². The van der Waals surface area contributed by atoms with Gasteiger partial charge in [-0.1, -0.05) is 18.2 Å². The largest absolute Gasteiger partial charge is 0.496 e. The zero-order chi connectivity index (χ0) is 11.2. The average Bonchev–Trinajstić information content (AvgIpc) is 2.38. The van der Waals surface area contributed by atoms with E-state index < -0.39 is 0 Å². The minimum Gasteiger partial charge on any atom is -0.496 e. The van der Waals surface area contributed by atoms with E-state index in [0.29, 0.717) is 0 Å². The van der Waals surface area contributed by atoms with Crippen molar-refractivity contribution in [2.24, 2.45) is 0 Å². The molecule has 82 valence electrons. The van der Waals surface area contributed by atoms with Crippen LogP contribution in [0.4, 0.5) is 0 Å². The topological polar surface area (TPSA) is 22.1 Å². The van der Waals surface area contributed by atoms with Crippen LogP contribution in [0.3, 0.4) is 0 Å². The van der Waals surface area contributed by atoms with Gasteiger partial charge in [0, 0.05) is 12.4 Å². The molecule has 2 heteroatoms. The summed E-state index contributed by atoms with van der Waals surface area (Å²) in [6.45, 7) is 0. The van der Waals surface area contributed by atoms with Crippen molar-refractivity contribution in [3.8, 4) is 5.75 Å². The van der Waals surface area contributed by atoms with Gasteiger partial charge in [0.05, 0.1) is 7.11 Å². The minimum absolute atomic E-state index is 0.969. The molecule has 2 aromatic rings. The molecule has 0 aliphatic rings. The van der Waals surface area contributed by atoms with Gasteiger partial charge in [0.25, 0.3) is 0 Å². The molecule has 0 saturated heterocycles. The van der Waals surface area contributed by atoms with Gasteiger partial charge in [-0.15, -0.1) is 0 Å². The highest BCUT2D eigenvalue weighted by Crippen LogP contribution is 2.19. The summed E-state index contributed by atoms with van der Waals surface area (Å²) in [6.07, 6.45) is 5.67. The first kappa shape index (κ1) is 10.7. The van der Waals surface area contributed by atoms with Crippen molar-refractivity contribution in [1.29, 1.82) is 0 Å². The van der Waals surface area contributed by atoms with Gasteiger partial charge in [-0.2, -0.15) is 0 Å². The number of pyridine rings is 1. The van der Waals surface area contributed by atoms with Crippen LogP contribution < -0.4 is 4.74 Å². The second kappa shape index (κ2) is 5.31. The Labute approximate surface area is 95.9 Å². The van der Waals surface area contributed by atoms with Gasteiger partial charge in [0.1, 0.15) is 5.75 Å². The highest BCUT2D eigenvalue weighted by atomic mass is 16.5. The lowest BCUT2D eigenvalue weighted by Crippen LogP contribution is -1.95. The molecule has 0 unspecified atom stereocenters. The monoisotopic (exact) mass is 213 g/mol. The lowest BCUT2D eigenvalue weighted by Gasteiger charge is -2.07. The van der Waals surface area contributed by atoms with Crippen molar-refractivity contribution in [3.63, 3.8) is 0 Å². The Morgan fingerprint density at radius 3 is 2.50 bits per heavy atom. The summed E-state index contributed by atoms with van der Waals surface area (Å²) in [5.41, 5.74) is 2.56. The molecule has 0 radical (unpaired) electrons. The van der Waals surface area contributed by atoms with Gasteiger partial charge >= 0.3 is 0 Å². The molecule has 0 fully saturated rings. The molecule has 0 saturated carbocycles. The molecule has 1 heterocycles. The van der Waals surface area contributed by atoms with Crippen molar-refractivity contribution in [2.75, 3.05) is 7.11 Å². The maximum absolute atomic E-state index is 5.32. The zero-order valence-corrected chi connectivity index (χ0v) is 9.39. The number of aromatic nitrogens is 1. The van der Waals surface area contributed by atoms with E-state index in [1.807, 2.05) is 30.6 Å². The van der Waals surface area contributed by atoms with Crippen molar-refractivity contribution in [1.82, 2.24) is 4.98 Å². The normalized spacial score (nSPS) is 10.1. The first-order valence-electron chi connectivity index (χ1n) is 5.41. The fraction of sp³-hybridized carbons (Fsp3) is 0.214. The summed E-state index contributed by atoms with van der Waals surface area (Å²) in [4.78, 5) is 4.01. The predicted molar refractivity (Wildman–Crippen MR) is 64.6 cm³/mol. The summed E-state index contributed by atoms with van der Waals surface area (Å²) < 4.78 is 5.32. The number of para-hydroxylation sites is 1. The first-order valence-corrected chi connectivity index (χ1v) is 5.41. The summed E-state index contributed by atoms with van der Waals surface area (Å²) in [6, 6.07) is 12.3. The third-order valence-electron chi connectivity index (χ3n) is 2.62. The molecule has 0 atom stereocenters. The van der Waals surface area contributed by atoms with Crippen LogP contribution >= 0.6 is 0 Å². The summed E-state index contributed by atoms with van der Waals surface area (Å²) in [5, 5.41) is 0. The van der Waals surface area contributed by atoms with E-state index in [0.717, 1.165) is 18.6 Å². The van der Waals surface area contributed by atoms with E-state index in [9.17, 15) is 0 Å². The highest BCUT2D eigenvalue weighted by Gasteiger charge is 2.01. The van der Waals surface area contributed by atoms with Gasteiger partial charge in [-0.3, -0.25) is 4.98 Å². The van der Waals surface area contributed by atoms with E-state index in [-0.39, 0.29) is 0 Å². The molecule has 1 aromatic heterocycles. The Balaban J connectivity index is 2.05.